The van der Waals surface area contributed by atoms with Gasteiger partial charge in [-0.15, -0.1) is 0 Å². The molecule has 7 nitrogen and oxygen atoms in total. The minimum absolute atomic E-state index is 0.0996. The first-order valence-electron chi connectivity index (χ1n) is 6.80. The predicted octanol–water partition coefficient (Wildman–Crippen LogP) is 2.08. The molecule has 0 atom stereocenters. The Morgan fingerprint density at radius 2 is 2.14 bits per heavy atom. The maximum atomic E-state index is 10.1. The lowest BCUT2D eigenvalue weighted by atomic mass is 10.2. The molecule has 2 heterocycles. The van der Waals surface area contributed by atoms with Gasteiger partial charge in [0, 0.05) is 26.5 Å². The Bertz CT molecular complexity index is 725. The minimum atomic E-state index is -0.155. The van der Waals surface area contributed by atoms with Crippen LogP contribution >= 0.6 is 0 Å². The number of aromatic hydroxyl groups is 1. The van der Waals surface area contributed by atoms with Crippen molar-refractivity contribution in [2.45, 2.75) is 20.0 Å². The minimum Gasteiger partial charge on any atom is -0.493 e. The van der Waals surface area contributed by atoms with Crippen LogP contribution in [0.4, 0.5) is 0 Å². The second kappa shape index (κ2) is 6.38. The van der Waals surface area contributed by atoms with Crippen molar-refractivity contribution in [3.63, 3.8) is 0 Å². The molecule has 0 fully saturated rings. The summed E-state index contributed by atoms with van der Waals surface area (Å²) in [5.41, 5.74) is 1.52. The summed E-state index contributed by atoms with van der Waals surface area (Å²) in [5, 5.41) is 10.6. The lowest BCUT2D eigenvalue weighted by Crippen LogP contribution is -2.09. The van der Waals surface area contributed by atoms with E-state index in [1.807, 2.05) is 32.8 Å². The van der Waals surface area contributed by atoms with Crippen LogP contribution in [0.1, 0.15) is 19.5 Å². The van der Waals surface area contributed by atoms with Crippen LogP contribution in [0.3, 0.4) is 0 Å². The van der Waals surface area contributed by atoms with Crippen LogP contribution in [0.5, 0.6) is 11.9 Å². The van der Waals surface area contributed by atoms with E-state index in [1.54, 1.807) is 18.5 Å². The van der Waals surface area contributed by atoms with Crippen LogP contribution in [0, 0.1) is 0 Å². The normalized spacial score (nSPS) is 11.8. The summed E-state index contributed by atoms with van der Waals surface area (Å²) in [6, 6.07) is 1.74. The zero-order valence-corrected chi connectivity index (χ0v) is 13.1. The van der Waals surface area contributed by atoms with Gasteiger partial charge in [0.25, 0.3) is 0 Å². The predicted molar refractivity (Wildman–Crippen MR) is 86.0 cm³/mol. The van der Waals surface area contributed by atoms with Crippen molar-refractivity contribution in [3.8, 4) is 11.9 Å². The summed E-state index contributed by atoms with van der Waals surface area (Å²) in [6.45, 7) is 7.29. The molecule has 0 radical (unpaired) electrons. The van der Waals surface area contributed by atoms with Gasteiger partial charge < -0.3 is 14.7 Å². The first-order valence-corrected chi connectivity index (χ1v) is 6.80. The van der Waals surface area contributed by atoms with Crippen molar-refractivity contribution in [2.75, 3.05) is 14.1 Å². The Labute approximate surface area is 129 Å². The van der Waals surface area contributed by atoms with Gasteiger partial charge in [-0.3, -0.25) is 9.98 Å². The number of hydrogen-bond acceptors (Lipinski definition) is 7. The maximum Gasteiger partial charge on any atom is 0.320 e. The van der Waals surface area contributed by atoms with Gasteiger partial charge in [0.05, 0.1) is 11.5 Å². The zero-order chi connectivity index (χ0) is 16.3. The molecule has 0 amide bonds. The average Bonchev–Trinajstić information content (AvgIpc) is 2.43. The molecule has 2 aromatic rings. The summed E-state index contributed by atoms with van der Waals surface area (Å²) < 4.78 is 5.47. The number of nitrogens with zero attached hydrogens (tertiary/aromatic N) is 5. The summed E-state index contributed by atoms with van der Waals surface area (Å²) in [6.07, 6.45) is 3.24. The molecule has 0 unspecified atom stereocenters. The van der Waals surface area contributed by atoms with Crippen molar-refractivity contribution >= 4 is 23.3 Å². The second-order valence-corrected chi connectivity index (χ2v) is 5.19. The zero-order valence-electron chi connectivity index (χ0n) is 13.1. The van der Waals surface area contributed by atoms with Gasteiger partial charge in [0.15, 0.2) is 0 Å². The topological polar surface area (TPSA) is 83.7 Å². The number of fused-ring (bicyclic) bond motifs is 1. The van der Waals surface area contributed by atoms with E-state index >= 15 is 0 Å². The first-order chi connectivity index (χ1) is 10.4. The van der Waals surface area contributed by atoms with Crippen LogP contribution in [-0.4, -0.2) is 51.9 Å². The molecular weight excluding hydrogens is 282 g/mol. The molecule has 116 valence electrons. The van der Waals surface area contributed by atoms with Gasteiger partial charge in [-0.05, 0) is 26.6 Å². The molecule has 0 saturated carbocycles. The number of pyridine rings is 1. The highest BCUT2D eigenvalue weighted by molar-refractivity contribution is 5.92. The molecule has 0 aliphatic heterocycles. The molecule has 0 aliphatic carbocycles. The Morgan fingerprint density at radius 1 is 1.41 bits per heavy atom. The van der Waals surface area contributed by atoms with E-state index in [0.717, 1.165) is 0 Å². The molecule has 0 aromatic carbocycles. The lowest BCUT2D eigenvalue weighted by molar-refractivity contribution is 0.220. The fourth-order valence-corrected chi connectivity index (χ4v) is 1.89. The molecule has 1 N–H and O–H groups in total. The van der Waals surface area contributed by atoms with Crippen molar-refractivity contribution in [1.82, 2.24) is 19.9 Å². The van der Waals surface area contributed by atoms with Crippen molar-refractivity contribution in [3.05, 3.63) is 24.2 Å². The Morgan fingerprint density at radius 3 is 2.73 bits per heavy atom. The number of hydrogen-bond donors (Lipinski definition) is 1. The van der Waals surface area contributed by atoms with E-state index in [-0.39, 0.29) is 18.0 Å². The highest BCUT2D eigenvalue weighted by Gasteiger charge is 2.15. The van der Waals surface area contributed by atoms with Gasteiger partial charge in [0.2, 0.25) is 5.88 Å². The number of aliphatic imine (C=N–C) groups is 1. The number of rotatable bonds is 5. The molecule has 2 rings (SSSR count). The molecule has 0 spiro atoms. The van der Waals surface area contributed by atoms with Crippen molar-refractivity contribution in [2.24, 2.45) is 4.99 Å². The van der Waals surface area contributed by atoms with E-state index in [1.165, 1.54) is 0 Å². The van der Waals surface area contributed by atoms with Crippen molar-refractivity contribution < 1.29 is 9.84 Å². The molecule has 7 heteroatoms. The van der Waals surface area contributed by atoms with Crippen LogP contribution < -0.4 is 4.74 Å². The van der Waals surface area contributed by atoms with Gasteiger partial charge in [-0.2, -0.15) is 9.97 Å². The van der Waals surface area contributed by atoms with Gasteiger partial charge in [-0.25, -0.2) is 0 Å². The van der Waals surface area contributed by atoms with E-state index in [9.17, 15) is 5.11 Å². The van der Waals surface area contributed by atoms with Gasteiger partial charge in [0.1, 0.15) is 16.9 Å². The molecular formula is C15H19N5O2. The Balaban J connectivity index is 2.69. The second-order valence-electron chi connectivity index (χ2n) is 5.19. The fourth-order valence-electron chi connectivity index (χ4n) is 1.89. The van der Waals surface area contributed by atoms with E-state index in [4.69, 9.17) is 4.74 Å². The van der Waals surface area contributed by atoms with Gasteiger partial charge >= 0.3 is 6.01 Å². The maximum absolute atomic E-state index is 10.1. The van der Waals surface area contributed by atoms with Gasteiger partial charge in [-0.1, -0.05) is 0 Å². The Kier molecular flexibility index (Phi) is 4.55. The monoisotopic (exact) mass is 301 g/mol. The quantitative estimate of drug-likeness (QED) is 0.851. The highest BCUT2D eigenvalue weighted by atomic mass is 16.5. The van der Waals surface area contributed by atoms with E-state index < -0.39 is 0 Å². The average molecular weight is 301 g/mol. The first kappa shape index (κ1) is 15.7. The summed E-state index contributed by atoms with van der Waals surface area (Å²) in [4.78, 5) is 18.4. The standard InChI is InChI=1S/C15H19N5O2/c1-9(2)22-15-18-12-10(14(21)19-15)6-7-17-13(12)11(16-3)8-20(4)5/h6-9H,3H2,1-2,4-5H3,(H,18,19,21)/b11-8-. The van der Waals surface area contributed by atoms with Crippen LogP contribution in [0.15, 0.2) is 23.5 Å². The number of aromatic nitrogens is 3. The molecule has 22 heavy (non-hydrogen) atoms. The number of ether oxygens (including phenoxy) is 1. The van der Waals surface area contributed by atoms with Crippen molar-refractivity contribution in [1.29, 1.82) is 0 Å². The van der Waals surface area contributed by atoms with E-state index in [0.29, 0.717) is 22.3 Å². The summed E-state index contributed by atoms with van der Waals surface area (Å²) in [5.74, 6) is -0.155. The van der Waals surface area contributed by atoms with Crippen LogP contribution in [0.2, 0.25) is 0 Å². The molecule has 0 aliphatic rings. The smallest absolute Gasteiger partial charge is 0.320 e. The summed E-state index contributed by atoms with van der Waals surface area (Å²) >= 11 is 0. The third kappa shape index (κ3) is 3.30. The van der Waals surface area contributed by atoms with Crippen LogP contribution in [0.25, 0.3) is 16.6 Å². The SMILES string of the molecule is C=N/C(=C\N(C)C)c1nccc2c(O)nc(OC(C)C)nc12. The Hall–Kier alpha value is -2.70. The van der Waals surface area contributed by atoms with Crippen LogP contribution in [-0.2, 0) is 0 Å². The highest BCUT2D eigenvalue weighted by Crippen LogP contribution is 2.29. The molecule has 0 saturated heterocycles. The third-order valence-electron chi connectivity index (χ3n) is 2.71. The third-order valence-corrected chi connectivity index (χ3v) is 2.71. The largest absolute Gasteiger partial charge is 0.493 e. The van der Waals surface area contributed by atoms with E-state index in [2.05, 4.69) is 26.7 Å². The molecule has 2 aromatic heterocycles. The lowest BCUT2D eigenvalue weighted by Gasteiger charge is -2.12. The molecule has 0 bridgehead atoms. The summed E-state index contributed by atoms with van der Waals surface area (Å²) in [7, 11) is 3.74. The fraction of sp³-hybridized carbons (Fsp3) is 0.333.